The first-order valence-electron chi connectivity index (χ1n) is 5.21. The summed E-state index contributed by atoms with van der Waals surface area (Å²) in [6, 6.07) is 3.51. The molecule has 1 aromatic carbocycles. The van der Waals surface area contributed by atoms with Gasteiger partial charge >= 0.3 is 0 Å². The minimum Gasteiger partial charge on any atom is -0.416 e. The van der Waals surface area contributed by atoms with Crippen molar-refractivity contribution in [3.63, 3.8) is 0 Å². The second-order valence-electron chi connectivity index (χ2n) is 3.66. The molecule has 1 nitrogen and oxygen atoms in total. The lowest BCUT2D eigenvalue weighted by Crippen LogP contribution is -2.49. The van der Waals surface area contributed by atoms with Crippen LogP contribution in [0.3, 0.4) is 0 Å². The largest absolute Gasteiger partial charge is 0.416 e. The molecule has 0 bridgehead atoms. The van der Waals surface area contributed by atoms with Gasteiger partial charge in [0.25, 0.3) is 0 Å². The molecule has 0 heterocycles. The normalized spacial score (nSPS) is 11.9. The van der Waals surface area contributed by atoms with E-state index in [0.29, 0.717) is 17.3 Å². The van der Waals surface area contributed by atoms with E-state index in [4.69, 9.17) is 4.43 Å². The molecule has 90 valence electrons. The Bertz CT molecular complexity index is 346. The molecule has 1 rings (SSSR count). The van der Waals surface area contributed by atoms with Gasteiger partial charge < -0.3 is 4.43 Å². The molecule has 0 aliphatic rings. The van der Waals surface area contributed by atoms with E-state index >= 15 is 0 Å². The molecule has 0 saturated carbocycles. The van der Waals surface area contributed by atoms with Gasteiger partial charge in [0.05, 0.1) is 0 Å². The highest BCUT2D eigenvalue weighted by Crippen LogP contribution is 2.18. The van der Waals surface area contributed by atoms with Crippen LogP contribution < -0.4 is 5.19 Å². The highest BCUT2D eigenvalue weighted by molar-refractivity contribution is 6.86. The first kappa shape index (κ1) is 13.3. The van der Waals surface area contributed by atoms with Gasteiger partial charge in [-0.1, -0.05) is 13.8 Å². The summed E-state index contributed by atoms with van der Waals surface area (Å²) in [4.78, 5) is 0. The highest BCUT2D eigenvalue weighted by atomic mass is 28.4. The average molecular weight is 248 g/mol. The molecule has 1 aromatic rings. The number of halogens is 3. The van der Waals surface area contributed by atoms with Crippen molar-refractivity contribution in [1.29, 1.82) is 0 Å². The summed E-state index contributed by atoms with van der Waals surface area (Å²) < 4.78 is 44.6. The smallest absolute Gasteiger partial charge is 0.223 e. The van der Waals surface area contributed by atoms with Crippen LogP contribution in [0, 0.1) is 17.5 Å². The van der Waals surface area contributed by atoms with Crippen LogP contribution in [0.15, 0.2) is 12.1 Å². The second kappa shape index (κ2) is 5.01. The van der Waals surface area contributed by atoms with Crippen LogP contribution in [0.4, 0.5) is 13.2 Å². The molecule has 16 heavy (non-hydrogen) atoms. The zero-order valence-electron chi connectivity index (χ0n) is 9.61. The van der Waals surface area contributed by atoms with Gasteiger partial charge in [-0.2, -0.15) is 0 Å². The predicted molar refractivity (Wildman–Crippen MR) is 59.7 cm³/mol. The number of rotatable bonds is 4. The Morgan fingerprint density at radius 1 is 1.06 bits per heavy atom. The Kier molecular flexibility index (Phi) is 4.15. The molecule has 0 saturated heterocycles. The molecule has 0 amide bonds. The molecule has 0 atom stereocenters. The van der Waals surface area contributed by atoms with E-state index < -0.39 is 25.8 Å². The molecule has 0 radical (unpaired) electrons. The van der Waals surface area contributed by atoms with Gasteiger partial charge in [0.2, 0.25) is 8.32 Å². The van der Waals surface area contributed by atoms with Crippen LogP contribution in [0.2, 0.25) is 12.1 Å². The van der Waals surface area contributed by atoms with E-state index in [1.165, 1.54) is 0 Å². The van der Waals surface area contributed by atoms with Crippen molar-refractivity contribution in [1.82, 2.24) is 0 Å². The van der Waals surface area contributed by atoms with Crippen LogP contribution >= 0.6 is 0 Å². The minimum atomic E-state index is -2.33. The summed E-state index contributed by atoms with van der Waals surface area (Å²) >= 11 is 0. The standard InChI is InChI=1S/C11H15F3OSi/c1-4-16(5-2,15-3)8-6-9(12)11(14)10(13)7-8/h6-7H,4-5H2,1-3H3. The number of benzene rings is 1. The summed E-state index contributed by atoms with van der Waals surface area (Å²) in [7, 11) is -0.786. The van der Waals surface area contributed by atoms with E-state index in [-0.39, 0.29) is 0 Å². The molecule has 0 unspecified atom stereocenters. The molecule has 0 spiro atoms. The molecule has 0 N–H and O–H groups in total. The molecule has 0 aliphatic carbocycles. The second-order valence-corrected chi connectivity index (χ2v) is 8.05. The monoisotopic (exact) mass is 248 g/mol. The van der Waals surface area contributed by atoms with E-state index in [0.717, 1.165) is 12.1 Å². The Morgan fingerprint density at radius 2 is 1.50 bits per heavy atom. The SMILES string of the molecule is CC[Si](CC)(OC)c1cc(F)c(F)c(F)c1. The summed E-state index contributed by atoms with van der Waals surface area (Å²) in [5, 5.41) is 0.469. The van der Waals surface area contributed by atoms with Crippen molar-refractivity contribution >= 4 is 13.5 Å². The Labute approximate surface area is 94.4 Å². The van der Waals surface area contributed by atoms with Gasteiger partial charge in [0, 0.05) is 7.11 Å². The lowest BCUT2D eigenvalue weighted by molar-refractivity contribution is 0.403. The van der Waals surface area contributed by atoms with Gasteiger partial charge in [-0.15, -0.1) is 0 Å². The van der Waals surface area contributed by atoms with Gasteiger partial charge in [-0.25, -0.2) is 13.2 Å². The van der Waals surface area contributed by atoms with Gasteiger partial charge in [-0.05, 0) is 29.4 Å². The van der Waals surface area contributed by atoms with Crippen molar-refractivity contribution in [3.05, 3.63) is 29.6 Å². The fraction of sp³-hybridized carbons (Fsp3) is 0.455. The Morgan fingerprint density at radius 3 is 1.81 bits per heavy atom. The molecule has 0 fully saturated rings. The molecule has 5 heteroatoms. The van der Waals surface area contributed by atoms with Crippen molar-refractivity contribution < 1.29 is 17.6 Å². The van der Waals surface area contributed by atoms with Gasteiger partial charge in [0.1, 0.15) is 0 Å². The van der Waals surface area contributed by atoms with E-state index in [1.54, 1.807) is 7.11 Å². The first-order chi connectivity index (χ1) is 7.50. The quantitative estimate of drug-likeness (QED) is 0.588. The summed E-state index contributed by atoms with van der Waals surface area (Å²) in [6.45, 7) is 3.83. The third-order valence-corrected chi connectivity index (χ3v) is 7.45. The van der Waals surface area contributed by atoms with Crippen LogP contribution in [0.5, 0.6) is 0 Å². The van der Waals surface area contributed by atoms with E-state index in [2.05, 4.69) is 0 Å². The molecule has 0 aromatic heterocycles. The van der Waals surface area contributed by atoms with Crippen molar-refractivity contribution in [2.24, 2.45) is 0 Å². The third-order valence-electron chi connectivity index (χ3n) is 3.04. The van der Waals surface area contributed by atoms with Crippen LogP contribution in [0.25, 0.3) is 0 Å². The molecular weight excluding hydrogens is 233 g/mol. The van der Waals surface area contributed by atoms with E-state index in [9.17, 15) is 13.2 Å². The van der Waals surface area contributed by atoms with Crippen molar-refractivity contribution in [2.45, 2.75) is 25.9 Å². The number of hydrogen-bond donors (Lipinski definition) is 0. The summed E-state index contributed by atoms with van der Waals surface area (Å²) in [5.74, 6) is -3.72. The lowest BCUT2D eigenvalue weighted by Gasteiger charge is -2.27. The molecule has 0 aliphatic heterocycles. The first-order valence-corrected chi connectivity index (χ1v) is 7.53. The summed E-state index contributed by atoms with van der Waals surface area (Å²) in [6.07, 6.45) is 0. The highest BCUT2D eigenvalue weighted by Gasteiger charge is 2.33. The maximum atomic E-state index is 13.1. The maximum absolute atomic E-state index is 13.1. The predicted octanol–water partition coefficient (Wildman–Crippen LogP) is 2.94. The minimum absolute atomic E-state index is 0.469. The van der Waals surface area contributed by atoms with Gasteiger partial charge in [0.15, 0.2) is 17.5 Å². The fourth-order valence-electron chi connectivity index (χ4n) is 1.88. The number of hydrogen-bond acceptors (Lipinski definition) is 1. The van der Waals surface area contributed by atoms with E-state index in [1.807, 2.05) is 13.8 Å². The average Bonchev–Trinajstić information content (AvgIpc) is 2.29. The topological polar surface area (TPSA) is 9.23 Å². The Hall–Kier alpha value is -0.813. The Balaban J connectivity index is 3.31. The molecular formula is C11H15F3OSi. The van der Waals surface area contributed by atoms with Crippen LogP contribution in [-0.4, -0.2) is 15.4 Å². The zero-order chi connectivity index (χ0) is 12.3. The lowest BCUT2D eigenvalue weighted by atomic mass is 10.3. The van der Waals surface area contributed by atoms with Gasteiger partial charge in [-0.3, -0.25) is 0 Å². The van der Waals surface area contributed by atoms with Crippen LogP contribution in [0.1, 0.15) is 13.8 Å². The fourth-order valence-corrected chi connectivity index (χ4v) is 4.79. The van der Waals surface area contributed by atoms with Crippen LogP contribution in [-0.2, 0) is 4.43 Å². The third kappa shape index (κ3) is 2.15. The van der Waals surface area contributed by atoms with Crippen molar-refractivity contribution in [2.75, 3.05) is 7.11 Å². The maximum Gasteiger partial charge on any atom is 0.223 e. The zero-order valence-corrected chi connectivity index (χ0v) is 10.6. The summed E-state index contributed by atoms with van der Waals surface area (Å²) in [5.41, 5.74) is 0. The van der Waals surface area contributed by atoms with Crippen molar-refractivity contribution in [3.8, 4) is 0 Å².